The zero-order valence-corrected chi connectivity index (χ0v) is 60.1. The number of amides is 7. The molecule has 0 radical (unpaired) electrons. The third-order valence-electron chi connectivity index (χ3n) is 18.4. The second kappa shape index (κ2) is 36.3. The van der Waals surface area contributed by atoms with Gasteiger partial charge in [-0.25, -0.2) is 32.6 Å². The number of aryl methyl sites for hydroxylation is 1. The molecule has 4 aromatic carbocycles. The molecule has 1 saturated heterocycles. The van der Waals surface area contributed by atoms with E-state index < -0.39 is 117 Å². The van der Waals surface area contributed by atoms with E-state index in [9.17, 15) is 71.4 Å². The van der Waals surface area contributed by atoms with Gasteiger partial charge in [0.15, 0.2) is 9.84 Å². The van der Waals surface area contributed by atoms with Crippen molar-refractivity contribution in [2.24, 2.45) is 5.92 Å². The highest BCUT2D eigenvalue weighted by Gasteiger charge is 2.52. The van der Waals surface area contributed by atoms with E-state index in [1.54, 1.807) is 86.0 Å². The van der Waals surface area contributed by atoms with Crippen LogP contribution >= 0.6 is 0 Å². The largest absolute Gasteiger partial charge is 0.481 e. The van der Waals surface area contributed by atoms with E-state index in [1.807, 2.05) is 38.1 Å². The normalized spacial score (nSPS) is 16.0. The Morgan fingerprint density at radius 1 is 0.724 bits per heavy atom. The number of fused-ring (bicyclic) bond motifs is 5. The first-order valence-corrected chi connectivity index (χ1v) is 36.8. The number of para-hydroxylation sites is 1. The number of nitrogens with zero attached hydrogens (tertiary/aromatic N) is 3. The first-order chi connectivity index (χ1) is 50.3. The number of carboxylic acids is 2. The van der Waals surface area contributed by atoms with Crippen LogP contribution in [0.4, 0.5) is 21.0 Å². The Labute approximate surface area is 606 Å². The molecule has 0 aliphatic carbocycles. The smallest absolute Gasteiger partial charge is 0.355 e. The van der Waals surface area contributed by atoms with Crippen LogP contribution in [0.3, 0.4) is 0 Å². The number of ketones is 1. The summed E-state index contributed by atoms with van der Waals surface area (Å²) in [5.74, 6) is -8.74. The molecule has 6 aromatic rings. The lowest BCUT2D eigenvalue weighted by Gasteiger charge is -2.37. The molecule has 0 saturated carbocycles. The molecular formula is C75H89N9O20S. The third-order valence-corrected chi connectivity index (χ3v) is 20.1. The maximum absolute atomic E-state index is 14.4. The molecule has 2 aromatic heterocycles. The van der Waals surface area contributed by atoms with Crippen LogP contribution in [0.5, 0.6) is 0 Å². The maximum Gasteiger partial charge on any atom is 0.355 e. The van der Waals surface area contributed by atoms with Gasteiger partial charge in [-0.2, -0.15) is 0 Å². The standard InChI is InChI=1S/C75H89N9O20S/c1-6-26-76-73(96)79-51-16-12-17-53(39-51)105(98,99)44-47-14-11-15-48(35-47)49(38-64(87)88)37-52(85)36-46-21-23-50(24-22-46)78-74(97)77-27-30-101-32-34-102-33-31-100-29-25-63(86)80-60(41-65(89)90)70(93)83-28-13-20-61(83)68(91)82-66(45(4)5)71(94)104-75(8-3)58-40-62-67-56(42-84(62)69(92)57(58)43-103-72(75)95)54(7-2)55-18-9-10-19-59(55)81-67/h9-12,14-19,21-24,35,39-40,45,49,60-61,66H,6-8,13,20,25-34,36-38,41-44H2,1-5H3,(H,80,86)(H,82,91)(H,87,88)(H,89,90)(H2,76,79,96)(H2,77,78,97)/t49-,60+,61+,66+,75+/m1/s1. The highest BCUT2D eigenvalue weighted by molar-refractivity contribution is 7.90. The number of anilines is 2. The van der Waals surface area contributed by atoms with E-state index in [-0.39, 0.29) is 126 Å². The molecule has 0 bridgehead atoms. The lowest BCUT2D eigenvalue weighted by molar-refractivity contribution is -0.191. The average molecular weight is 1470 g/mol. The van der Waals surface area contributed by atoms with E-state index in [4.69, 9.17) is 28.7 Å². The zero-order valence-electron chi connectivity index (χ0n) is 59.3. The molecule has 1 fully saturated rings. The maximum atomic E-state index is 14.4. The number of nitrogens with one attached hydrogen (secondary N) is 6. The molecule has 3 aliphatic heterocycles. The van der Waals surface area contributed by atoms with Crippen molar-refractivity contribution in [3.8, 4) is 11.4 Å². The Morgan fingerprint density at radius 3 is 2.10 bits per heavy atom. The Morgan fingerprint density at radius 2 is 1.41 bits per heavy atom. The summed E-state index contributed by atoms with van der Waals surface area (Å²) in [4.78, 5) is 152. The molecule has 29 nitrogen and oxygen atoms in total. The molecular weight excluding hydrogens is 1380 g/mol. The minimum Gasteiger partial charge on any atom is -0.481 e. The molecule has 560 valence electrons. The van der Waals surface area contributed by atoms with Crippen molar-refractivity contribution in [2.75, 3.05) is 69.9 Å². The first-order valence-electron chi connectivity index (χ1n) is 35.1. The highest BCUT2D eigenvalue weighted by Crippen LogP contribution is 2.43. The Balaban J connectivity index is 0.657. The highest BCUT2D eigenvalue weighted by atomic mass is 32.2. The summed E-state index contributed by atoms with van der Waals surface area (Å²) in [6.45, 7) is 9.93. The van der Waals surface area contributed by atoms with E-state index in [1.165, 1.54) is 23.1 Å². The third kappa shape index (κ3) is 20.1. The number of likely N-dealkylation sites (tertiary alicyclic amines) is 1. The fraction of sp³-hybridized carbons (Fsp3) is 0.440. The van der Waals surface area contributed by atoms with Gasteiger partial charge in [0.2, 0.25) is 23.3 Å². The van der Waals surface area contributed by atoms with Crippen LogP contribution in [-0.4, -0.2) is 170 Å². The van der Waals surface area contributed by atoms with Crippen molar-refractivity contribution in [2.45, 2.75) is 152 Å². The molecule has 0 spiro atoms. The number of carbonyl (C=O) groups is 10. The topological polar surface area (TPSA) is 402 Å². The molecule has 5 atom stereocenters. The molecule has 3 aliphatic rings. The minimum atomic E-state index is -3.91. The molecule has 105 heavy (non-hydrogen) atoms. The van der Waals surface area contributed by atoms with Crippen LogP contribution in [0.25, 0.3) is 22.3 Å². The van der Waals surface area contributed by atoms with E-state index >= 15 is 0 Å². The number of Topliss-reactive ketones (excluding diaryl/α,β-unsaturated/α-hetero) is 1. The molecule has 8 N–H and O–H groups in total. The number of pyridine rings is 2. The van der Waals surface area contributed by atoms with Crippen LogP contribution in [0.2, 0.25) is 0 Å². The van der Waals surface area contributed by atoms with Gasteiger partial charge in [0.25, 0.3) is 5.56 Å². The Bertz CT molecular complexity index is 4410. The van der Waals surface area contributed by atoms with E-state index in [0.717, 1.165) is 28.5 Å². The Hall–Kier alpha value is -10.4. The van der Waals surface area contributed by atoms with Gasteiger partial charge in [-0.15, -0.1) is 0 Å². The number of urea groups is 2. The number of rotatable bonds is 37. The van der Waals surface area contributed by atoms with Gasteiger partial charge in [-0.3, -0.25) is 33.6 Å². The number of hydrogen-bond acceptors (Lipinski definition) is 19. The van der Waals surface area contributed by atoms with Gasteiger partial charge in [-0.05, 0) is 103 Å². The number of carbonyl (C=O) groups excluding carboxylic acids is 8. The number of ether oxygens (including phenoxy) is 5. The number of cyclic esters (lactones) is 1. The van der Waals surface area contributed by atoms with Crippen LogP contribution in [0.15, 0.2) is 113 Å². The summed E-state index contributed by atoms with van der Waals surface area (Å²) in [5.41, 5.74) is 3.69. The monoisotopic (exact) mass is 1470 g/mol. The first kappa shape index (κ1) is 78.7. The summed E-state index contributed by atoms with van der Waals surface area (Å²) in [6.07, 6.45) is 0.149. The number of aliphatic carboxylic acids is 2. The summed E-state index contributed by atoms with van der Waals surface area (Å²) in [7, 11) is -3.91. The van der Waals surface area contributed by atoms with Crippen LogP contribution in [-0.2, 0) is 109 Å². The number of esters is 2. The van der Waals surface area contributed by atoms with Crippen LogP contribution in [0, 0.1) is 5.92 Å². The number of carboxylic acid groups (broad SMARTS) is 2. The summed E-state index contributed by atoms with van der Waals surface area (Å²) in [6, 6.07) is 23.1. The van der Waals surface area contributed by atoms with E-state index in [0.29, 0.717) is 58.8 Å². The SMILES string of the molecule is CCCNC(=O)Nc1cccc(S(=O)(=O)Cc2cccc([C@@H](CC(=O)O)CC(=O)Cc3ccc(NC(=O)NCCOCCOCCOCCC(=O)N[C@@H](CC(=O)O)C(=O)N4CCC[C@H]4C(=O)N[C@H](C(=O)O[C@]4(CC)C(=O)OCc5c4cc4n(c5=O)Cc5c-4nc4ccccc4c5CC)C(C)C)cc3)c2)c1. The van der Waals surface area contributed by atoms with Gasteiger partial charge in [0, 0.05) is 72.7 Å². The average Bonchev–Trinajstić information content (AvgIpc) is 1.63. The predicted octanol–water partition coefficient (Wildman–Crippen LogP) is 6.81. The van der Waals surface area contributed by atoms with Crippen molar-refractivity contribution in [3.63, 3.8) is 0 Å². The quantitative estimate of drug-likeness (QED) is 0.0146. The molecule has 5 heterocycles. The van der Waals surface area contributed by atoms with Crippen LogP contribution in [0.1, 0.15) is 131 Å². The van der Waals surface area contributed by atoms with Crippen molar-refractivity contribution in [3.05, 3.63) is 152 Å². The molecule has 30 heteroatoms. The second-order valence-electron chi connectivity index (χ2n) is 26.2. The lowest BCUT2D eigenvalue weighted by atomic mass is 9.85. The fourth-order valence-electron chi connectivity index (χ4n) is 13.1. The minimum absolute atomic E-state index is 0.0160. The Kier molecular flexibility index (Phi) is 27.2. The summed E-state index contributed by atoms with van der Waals surface area (Å²) < 4.78 is 56.9. The molecule has 9 rings (SSSR count). The van der Waals surface area contributed by atoms with Crippen molar-refractivity contribution in [1.82, 2.24) is 35.7 Å². The number of aromatic nitrogens is 2. The van der Waals surface area contributed by atoms with Gasteiger partial charge in [0.1, 0.15) is 30.5 Å². The van der Waals surface area contributed by atoms with Gasteiger partial charge in [-0.1, -0.05) is 95.3 Å². The molecule has 0 unspecified atom stereocenters. The van der Waals surface area contributed by atoms with Crippen molar-refractivity contribution < 1.29 is 90.3 Å². The lowest BCUT2D eigenvalue weighted by Crippen LogP contribution is -2.57. The van der Waals surface area contributed by atoms with Crippen molar-refractivity contribution >= 4 is 91.6 Å². The van der Waals surface area contributed by atoms with Crippen molar-refractivity contribution in [1.29, 1.82) is 0 Å². The zero-order chi connectivity index (χ0) is 75.5. The van der Waals surface area contributed by atoms with Gasteiger partial charge >= 0.3 is 35.9 Å². The van der Waals surface area contributed by atoms with E-state index in [2.05, 4.69) is 31.9 Å². The summed E-state index contributed by atoms with van der Waals surface area (Å²) in [5, 5.41) is 36.4. The summed E-state index contributed by atoms with van der Waals surface area (Å²) >= 11 is 0. The number of sulfone groups is 1. The second-order valence-corrected chi connectivity index (χ2v) is 28.2. The predicted molar refractivity (Wildman–Crippen MR) is 383 cm³/mol. The van der Waals surface area contributed by atoms with Gasteiger partial charge < -0.3 is 75.3 Å². The fourth-order valence-corrected chi connectivity index (χ4v) is 14.5. The number of benzene rings is 4. The molecule has 7 amide bonds. The van der Waals surface area contributed by atoms with Gasteiger partial charge in [0.05, 0.1) is 92.1 Å². The van der Waals surface area contributed by atoms with Crippen LogP contribution < -0.4 is 37.5 Å². The number of hydrogen-bond donors (Lipinski definition) is 8.